The lowest BCUT2D eigenvalue weighted by molar-refractivity contribution is 0.625. The molecule has 0 saturated carbocycles. The first-order valence-corrected chi connectivity index (χ1v) is 7.53. The molecule has 0 radical (unpaired) electrons. The maximum absolute atomic E-state index is 9.53. The molecule has 1 aromatic rings. The number of nitriles is 1. The Morgan fingerprint density at radius 2 is 2.14 bits per heavy atom. The van der Waals surface area contributed by atoms with Gasteiger partial charge in [-0.15, -0.1) is 0 Å². The molecule has 0 aromatic carbocycles. The van der Waals surface area contributed by atoms with Crippen molar-refractivity contribution >= 4 is 11.5 Å². The molecule has 0 saturated heterocycles. The third kappa shape index (κ3) is 3.53. The Labute approximate surface area is 131 Å². The standard InChI is InChI=1S/C17H21N5/c1-4-13(5-2)21-17-20-11-12(3)16(22-17)14(10-18)15-8-6-7-9-19-15/h6-9,11,13H,4-5H2,1-3H3,(H2,20,21,22)/b16-14+. The predicted molar refractivity (Wildman–Crippen MR) is 88.6 cm³/mol. The monoisotopic (exact) mass is 295 g/mol. The molecule has 0 amide bonds. The van der Waals surface area contributed by atoms with Crippen LogP contribution in [0.3, 0.4) is 0 Å². The van der Waals surface area contributed by atoms with Crippen molar-refractivity contribution in [1.29, 1.82) is 5.26 Å². The van der Waals surface area contributed by atoms with Crippen LogP contribution in [0.2, 0.25) is 0 Å². The van der Waals surface area contributed by atoms with Gasteiger partial charge in [-0.25, -0.2) is 4.99 Å². The van der Waals surface area contributed by atoms with E-state index in [-0.39, 0.29) is 6.04 Å². The summed E-state index contributed by atoms with van der Waals surface area (Å²) in [4.78, 5) is 8.92. The maximum Gasteiger partial charge on any atom is 0.200 e. The summed E-state index contributed by atoms with van der Waals surface area (Å²) in [6, 6.07) is 8.06. The average molecular weight is 295 g/mol. The van der Waals surface area contributed by atoms with E-state index in [0.717, 1.165) is 24.1 Å². The van der Waals surface area contributed by atoms with E-state index in [1.165, 1.54) is 0 Å². The second kappa shape index (κ2) is 7.41. The lowest BCUT2D eigenvalue weighted by Crippen LogP contribution is -2.39. The van der Waals surface area contributed by atoms with Crippen LogP contribution in [0, 0.1) is 11.3 Å². The number of aliphatic imine (C=N–C) groups is 1. The Morgan fingerprint density at radius 3 is 2.73 bits per heavy atom. The van der Waals surface area contributed by atoms with Crippen LogP contribution in [-0.2, 0) is 0 Å². The lowest BCUT2D eigenvalue weighted by atomic mass is 10.1. The highest BCUT2D eigenvalue weighted by Gasteiger charge is 2.18. The maximum atomic E-state index is 9.53. The van der Waals surface area contributed by atoms with Crippen molar-refractivity contribution in [3.63, 3.8) is 0 Å². The van der Waals surface area contributed by atoms with Crippen LogP contribution in [-0.4, -0.2) is 17.0 Å². The van der Waals surface area contributed by atoms with Crippen molar-refractivity contribution in [2.45, 2.75) is 39.7 Å². The summed E-state index contributed by atoms with van der Waals surface area (Å²) in [6.45, 7) is 6.19. The molecule has 2 N–H and O–H groups in total. The van der Waals surface area contributed by atoms with Crippen LogP contribution in [0.5, 0.6) is 0 Å². The lowest BCUT2D eigenvalue weighted by Gasteiger charge is -2.22. The van der Waals surface area contributed by atoms with Gasteiger partial charge in [0.15, 0.2) is 5.96 Å². The minimum absolute atomic E-state index is 0.267. The summed E-state index contributed by atoms with van der Waals surface area (Å²) in [5, 5.41) is 15.9. The second-order valence-corrected chi connectivity index (χ2v) is 5.12. The SMILES string of the molecule is CCC(CC)N=C1NC=C(C)/C(=C(/C#N)c2ccccn2)N1. The Balaban J connectivity index is 2.41. The topological polar surface area (TPSA) is 73.1 Å². The van der Waals surface area contributed by atoms with Crippen LogP contribution < -0.4 is 10.6 Å². The molecular formula is C17H21N5. The predicted octanol–water partition coefficient (Wildman–Crippen LogP) is 2.96. The van der Waals surface area contributed by atoms with E-state index >= 15 is 0 Å². The fourth-order valence-electron chi connectivity index (χ4n) is 2.24. The van der Waals surface area contributed by atoms with Gasteiger partial charge in [-0.05, 0) is 37.5 Å². The van der Waals surface area contributed by atoms with E-state index in [9.17, 15) is 5.26 Å². The average Bonchev–Trinajstić information content (AvgIpc) is 2.57. The number of guanidine groups is 1. The first kappa shape index (κ1) is 15.8. The second-order valence-electron chi connectivity index (χ2n) is 5.12. The van der Waals surface area contributed by atoms with Gasteiger partial charge in [0, 0.05) is 12.4 Å². The number of nitrogens with zero attached hydrogens (tertiary/aromatic N) is 3. The van der Waals surface area contributed by atoms with Crippen molar-refractivity contribution in [3.8, 4) is 6.07 Å². The third-order valence-corrected chi connectivity index (χ3v) is 3.60. The molecule has 0 spiro atoms. The van der Waals surface area contributed by atoms with Gasteiger partial charge in [0.05, 0.1) is 17.4 Å². The van der Waals surface area contributed by atoms with E-state index in [1.807, 2.05) is 31.3 Å². The van der Waals surface area contributed by atoms with Crippen LogP contribution in [0.25, 0.3) is 5.57 Å². The van der Waals surface area contributed by atoms with Gasteiger partial charge in [0.25, 0.3) is 0 Å². The van der Waals surface area contributed by atoms with Crippen LogP contribution >= 0.6 is 0 Å². The summed E-state index contributed by atoms with van der Waals surface area (Å²) in [5.74, 6) is 0.679. The summed E-state index contributed by atoms with van der Waals surface area (Å²) in [6.07, 6.45) is 5.52. The molecule has 2 rings (SSSR count). The van der Waals surface area contributed by atoms with E-state index in [1.54, 1.807) is 6.20 Å². The third-order valence-electron chi connectivity index (χ3n) is 3.60. The van der Waals surface area contributed by atoms with Gasteiger partial charge in [-0.3, -0.25) is 4.98 Å². The minimum atomic E-state index is 0.267. The Hall–Kier alpha value is -2.61. The van der Waals surface area contributed by atoms with Gasteiger partial charge < -0.3 is 10.6 Å². The van der Waals surface area contributed by atoms with Crippen LogP contribution in [0.4, 0.5) is 0 Å². The highest BCUT2D eigenvalue weighted by molar-refractivity contribution is 5.90. The fraction of sp³-hybridized carbons (Fsp3) is 0.353. The molecule has 1 aromatic heterocycles. The number of allylic oxidation sites excluding steroid dienone is 2. The zero-order valence-corrected chi connectivity index (χ0v) is 13.2. The van der Waals surface area contributed by atoms with Gasteiger partial charge in [-0.1, -0.05) is 19.9 Å². The molecule has 22 heavy (non-hydrogen) atoms. The molecular weight excluding hydrogens is 274 g/mol. The number of aromatic nitrogens is 1. The molecule has 2 heterocycles. The minimum Gasteiger partial charge on any atom is -0.332 e. The molecule has 0 atom stereocenters. The first-order valence-electron chi connectivity index (χ1n) is 7.53. The van der Waals surface area contributed by atoms with E-state index in [2.05, 4.69) is 40.5 Å². The van der Waals surface area contributed by atoms with E-state index in [0.29, 0.717) is 17.2 Å². The van der Waals surface area contributed by atoms with Gasteiger partial charge in [-0.2, -0.15) is 5.26 Å². The summed E-state index contributed by atoms with van der Waals surface area (Å²) < 4.78 is 0. The number of nitrogens with one attached hydrogen (secondary N) is 2. The molecule has 0 aliphatic carbocycles. The van der Waals surface area contributed by atoms with Gasteiger partial charge >= 0.3 is 0 Å². The fourth-order valence-corrected chi connectivity index (χ4v) is 2.24. The highest BCUT2D eigenvalue weighted by Crippen LogP contribution is 2.21. The molecule has 1 aliphatic heterocycles. The van der Waals surface area contributed by atoms with Crippen molar-refractivity contribution in [2.24, 2.45) is 4.99 Å². The number of rotatable bonds is 4. The first-order chi connectivity index (χ1) is 10.7. The molecule has 114 valence electrons. The van der Waals surface area contributed by atoms with Crippen molar-refractivity contribution in [3.05, 3.63) is 47.6 Å². The normalized spacial score (nSPS) is 18.3. The smallest absolute Gasteiger partial charge is 0.200 e. The number of hydrogen-bond donors (Lipinski definition) is 2. The Morgan fingerprint density at radius 1 is 1.36 bits per heavy atom. The molecule has 1 aliphatic rings. The molecule has 5 nitrogen and oxygen atoms in total. The Bertz CT molecular complexity index is 645. The Kier molecular flexibility index (Phi) is 5.31. The highest BCUT2D eigenvalue weighted by atomic mass is 15.2. The quantitative estimate of drug-likeness (QED) is 0.838. The number of pyridine rings is 1. The van der Waals surface area contributed by atoms with Gasteiger partial charge in [0.2, 0.25) is 0 Å². The summed E-state index contributed by atoms with van der Waals surface area (Å²) in [7, 11) is 0. The molecule has 5 heteroatoms. The molecule has 0 bridgehead atoms. The van der Waals surface area contributed by atoms with Crippen molar-refractivity contribution in [1.82, 2.24) is 15.6 Å². The molecule has 0 fully saturated rings. The largest absolute Gasteiger partial charge is 0.332 e. The van der Waals surface area contributed by atoms with Crippen LogP contribution in [0.1, 0.15) is 39.3 Å². The van der Waals surface area contributed by atoms with Crippen molar-refractivity contribution < 1.29 is 0 Å². The zero-order valence-electron chi connectivity index (χ0n) is 13.2. The van der Waals surface area contributed by atoms with E-state index in [4.69, 9.17) is 0 Å². The zero-order chi connectivity index (χ0) is 15.9. The van der Waals surface area contributed by atoms with E-state index < -0.39 is 0 Å². The van der Waals surface area contributed by atoms with Gasteiger partial charge in [0.1, 0.15) is 11.6 Å². The van der Waals surface area contributed by atoms with Crippen molar-refractivity contribution in [2.75, 3.05) is 0 Å². The number of hydrogen-bond acceptors (Lipinski definition) is 3. The van der Waals surface area contributed by atoms with Crippen LogP contribution in [0.15, 0.2) is 46.9 Å². The summed E-state index contributed by atoms with van der Waals surface area (Å²) >= 11 is 0. The summed E-state index contributed by atoms with van der Waals surface area (Å²) in [5.41, 5.74) is 2.88. The molecule has 0 unspecified atom stereocenters.